The van der Waals surface area contributed by atoms with Crippen molar-refractivity contribution in [2.24, 2.45) is 23.7 Å². The van der Waals surface area contributed by atoms with Gasteiger partial charge in [0.05, 0.1) is 0 Å². The molecule has 3 saturated carbocycles. The van der Waals surface area contributed by atoms with E-state index in [0.717, 1.165) is 0 Å². The Morgan fingerprint density at radius 2 is 1.00 bits per heavy atom. The predicted octanol–water partition coefficient (Wildman–Crippen LogP) is 3.61. The van der Waals surface area contributed by atoms with Crippen molar-refractivity contribution >= 4 is 0 Å². The SMILES string of the molecule is C1C[C@H]2CC[C@@H]3CCC[C@H]3[C@@H]2C1. The highest BCUT2D eigenvalue weighted by Crippen LogP contribution is 2.53. The predicted molar refractivity (Wildman–Crippen MR) is 50.9 cm³/mol. The average Bonchev–Trinajstić information content (AvgIpc) is 2.71. The van der Waals surface area contributed by atoms with Crippen molar-refractivity contribution < 1.29 is 0 Å². The first-order valence-electron chi connectivity index (χ1n) is 5.95. The van der Waals surface area contributed by atoms with Crippen molar-refractivity contribution in [1.29, 1.82) is 0 Å². The fourth-order valence-corrected chi connectivity index (χ4v) is 4.40. The van der Waals surface area contributed by atoms with E-state index in [0.29, 0.717) is 0 Å². The van der Waals surface area contributed by atoms with Gasteiger partial charge in [-0.15, -0.1) is 0 Å². The van der Waals surface area contributed by atoms with Gasteiger partial charge in [-0.25, -0.2) is 0 Å². The van der Waals surface area contributed by atoms with Crippen molar-refractivity contribution in [3.8, 4) is 0 Å². The van der Waals surface area contributed by atoms with Crippen molar-refractivity contribution in [3.63, 3.8) is 0 Å². The minimum atomic E-state index is 1.17. The van der Waals surface area contributed by atoms with Crippen LogP contribution in [-0.2, 0) is 0 Å². The van der Waals surface area contributed by atoms with E-state index in [1.807, 2.05) is 0 Å². The van der Waals surface area contributed by atoms with E-state index < -0.39 is 0 Å². The van der Waals surface area contributed by atoms with Gasteiger partial charge in [0.1, 0.15) is 0 Å². The third kappa shape index (κ3) is 0.963. The lowest BCUT2D eigenvalue weighted by Crippen LogP contribution is -2.28. The number of hydrogen-bond acceptors (Lipinski definition) is 0. The van der Waals surface area contributed by atoms with Gasteiger partial charge in [-0.05, 0) is 49.4 Å². The zero-order valence-electron chi connectivity index (χ0n) is 7.97. The van der Waals surface area contributed by atoms with Crippen LogP contribution >= 0.6 is 0 Å². The monoisotopic (exact) mass is 164 g/mol. The molecule has 0 heteroatoms. The fraction of sp³-hybridized carbons (Fsp3) is 1.00. The third-order valence-corrected chi connectivity index (χ3v) is 4.89. The summed E-state index contributed by atoms with van der Waals surface area (Å²) < 4.78 is 0. The van der Waals surface area contributed by atoms with Gasteiger partial charge in [-0.1, -0.05) is 25.7 Å². The van der Waals surface area contributed by atoms with E-state index in [9.17, 15) is 0 Å². The molecule has 0 spiro atoms. The maximum Gasteiger partial charge on any atom is -0.0355 e. The Morgan fingerprint density at radius 3 is 1.50 bits per heavy atom. The Bertz CT molecular complexity index is 153. The summed E-state index contributed by atoms with van der Waals surface area (Å²) in [5.74, 6) is 4.71. The molecule has 0 amide bonds. The van der Waals surface area contributed by atoms with Gasteiger partial charge in [-0.3, -0.25) is 0 Å². The largest absolute Gasteiger partial charge is 0.0527 e. The van der Waals surface area contributed by atoms with Crippen LogP contribution in [0.15, 0.2) is 0 Å². The molecule has 0 aromatic heterocycles. The lowest BCUT2D eigenvalue weighted by atomic mass is 9.69. The Kier molecular flexibility index (Phi) is 1.70. The molecule has 3 fully saturated rings. The van der Waals surface area contributed by atoms with Crippen LogP contribution in [0.3, 0.4) is 0 Å². The zero-order valence-corrected chi connectivity index (χ0v) is 7.97. The number of fused-ring (bicyclic) bond motifs is 3. The van der Waals surface area contributed by atoms with E-state index in [2.05, 4.69) is 0 Å². The van der Waals surface area contributed by atoms with Crippen molar-refractivity contribution in [1.82, 2.24) is 0 Å². The van der Waals surface area contributed by atoms with E-state index in [1.54, 1.807) is 51.4 Å². The molecule has 0 radical (unpaired) electrons. The molecule has 4 atom stereocenters. The number of hydrogen-bond donors (Lipinski definition) is 0. The molecule has 3 aliphatic carbocycles. The molecule has 0 nitrogen and oxygen atoms in total. The van der Waals surface area contributed by atoms with Crippen LogP contribution in [0.2, 0.25) is 0 Å². The zero-order chi connectivity index (χ0) is 7.97. The molecule has 3 rings (SSSR count). The number of rotatable bonds is 0. The summed E-state index contributed by atoms with van der Waals surface area (Å²) in [6.45, 7) is 0. The standard InChI is InChI=1S/C12H20/c1-3-9-7-8-10-4-2-6-12(10)11(9)5-1/h9-12H,1-8H2/t9-,10-,11+,12+/m0/s1. The Labute approximate surface area is 75.7 Å². The van der Waals surface area contributed by atoms with Crippen LogP contribution in [0.1, 0.15) is 51.4 Å². The van der Waals surface area contributed by atoms with Crippen molar-refractivity contribution in [2.75, 3.05) is 0 Å². The molecule has 68 valence electrons. The van der Waals surface area contributed by atoms with Gasteiger partial charge in [0.15, 0.2) is 0 Å². The van der Waals surface area contributed by atoms with Gasteiger partial charge < -0.3 is 0 Å². The second-order valence-electron chi connectivity index (χ2n) is 5.29. The van der Waals surface area contributed by atoms with E-state index in [-0.39, 0.29) is 0 Å². The maximum absolute atomic E-state index is 1.59. The van der Waals surface area contributed by atoms with Gasteiger partial charge in [-0.2, -0.15) is 0 Å². The van der Waals surface area contributed by atoms with Crippen LogP contribution in [0, 0.1) is 23.7 Å². The Balaban J connectivity index is 1.81. The Morgan fingerprint density at radius 1 is 0.500 bits per heavy atom. The van der Waals surface area contributed by atoms with Crippen molar-refractivity contribution in [2.45, 2.75) is 51.4 Å². The molecule has 12 heavy (non-hydrogen) atoms. The second kappa shape index (κ2) is 2.75. The highest BCUT2D eigenvalue weighted by Gasteiger charge is 2.43. The lowest BCUT2D eigenvalue weighted by Gasteiger charge is -2.36. The first-order chi connectivity index (χ1) is 5.95. The first kappa shape index (κ1) is 7.41. The van der Waals surface area contributed by atoms with Gasteiger partial charge in [0, 0.05) is 0 Å². The van der Waals surface area contributed by atoms with Gasteiger partial charge in [0.25, 0.3) is 0 Å². The second-order valence-corrected chi connectivity index (χ2v) is 5.29. The van der Waals surface area contributed by atoms with E-state index >= 15 is 0 Å². The van der Waals surface area contributed by atoms with Crippen molar-refractivity contribution in [3.05, 3.63) is 0 Å². The lowest BCUT2D eigenvalue weighted by molar-refractivity contribution is 0.136. The maximum atomic E-state index is 1.59. The topological polar surface area (TPSA) is 0 Å². The molecule has 3 aliphatic rings. The molecular weight excluding hydrogens is 144 g/mol. The van der Waals surface area contributed by atoms with E-state index in [1.165, 1.54) is 23.7 Å². The first-order valence-corrected chi connectivity index (χ1v) is 5.95. The summed E-state index contributed by atoms with van der Waals surface area (Å²) in [5, 5.41) is 0. The van der Waals surface area contributed by atoms with Gasteiger partial charge >= 0.3 is 0 Å². The third-order valence-electron chi connectivity index (χ3n) is 4.89. The fourth-order valence-electron chi connectivity index (χ4n) is 4.40. The molecule has 0 aromatic carbocycles. The molecule has 0 aliphatic heterocycles. The molecular formula is C12H20. The molecule has 0 N–H and O–H groups in total. The summed E-state index contributed by atoms with van der Waals surface area (Å²) in [7, 11) is 0. The summed E-state index contributed by atoms with van der Waals surface area (Å²) in [6.07, 6.45) is 12.6. The summed E-state index contributed by atoms with van der Waals surface area (Å²) in [6, 6.07) is 0. The molecule has 0 aromatic rings. The van der Waals surface area contributed by atoms with E-state index in [4.69, 9.17) is 0 Å². The van der Waals surface area contributed by atoms with Gasteiger partial charge in [0.2, 0.25) is 0 Å². The molecule has 0 saturated heterocycles. The Hall–Kier alpha value is 0. The van der Waals surface area contributed by atoms with Crippen LogP contribution in [0.4, 0.5) is 0 Å². The minimum Gasteiger partial charge on any atom is -0.0527 e. The smallest absolute Gasteiger partial charge is 0.0355 e. The highest BCUT2D eigenvalue weighted by atomic mass is 14.5. The highest BCUT2D eigenvalue weighted by molar-refractivity contribution is 4.93. The minimum absolute atomic E-state index is 1.17. The summed E-state index contributed by atoms with van der Waals surface area (Å²) in [5.41, 5.74) is 0. The summed E-state index contributed by atoms with van der Waals surface area (Å²) >= 11 is 0. The molecule has 0 unspecified atom stereocenters. The van der Waals surface area contributed by atoms with Crippen LogP contribution in [0.25, 0.3) is 0 Å². The van der Waals surface area contributed by atoms with Crippen LogP contribution in [0.5, 0.6) is 0 Å². The van der Waals surface area contributed by atoms with Crippen LogP contribution in [-0.4, -0.2) is 0 Å². The molecule has 0 heterocycles. The molecule has 0 bridgehead atoms. The van der Waals surface area contributed by atoms with Crippen LogP contribution < -0.4 is 0 Å². The average molecular weight is 164 g/mol. The quantitative estimate of drug-likeness (QED) is 0.513. The summed E-state index contributed by atoms with van der Waals surface area (Å²) in [4.78, 5) is 0. The normalized spacial score (nSPS) is 52.0.